The second-order valence-corrected chi connectivity index (χ2v) is 6.07. The first-order chi connectivity index (χ1) is 8.25. The summed E-state index contributed by atoms with van der Waals surface area (Å²) in [6.07, 6.45) is 7.15. The van der Waals surface area contributed by atoms with Crippen LogP contribution in [0.2, 0.25) is 0 Å². The van der Waals surface area contributed by atoms with Gasteiger partial charge in [0.15, 0.2) is 0 Å². The Morgan fingerprint density at radius 1 is 1.24 bits per heavy atom. The molecule has 0 bridgehead atoms. The number of aryl methyl sites for hydroxylation is 1. The van der Waals surface area contributed by atoms with Gasteiger partial charge >= 0.3 is 0 Å². The average molecular weight is 296 g/mol. The Morgan fingerprint density at radius 3 is 2.71 bits per heavy atom. The van der Waals surface area contributed by atoms with Gasteiger partial charge in [-0.2, -0.15) is 0 Å². The van der Waals surface area contributed by atoms with Gasteiger partial charge in [-0.3, -0.25) is 0 Å². The van der Waals surface area contributed by atoms with Crippen LogP contribution in [0.1, 0.15) is 43.2 Å². The smallest absolute Gasteiger partial charge is 0.0207 e. The van der Waals surface area contributed by atoms with E-state index >= 15 is 0 Å². The molecular formula is C15H22BrN. The Kier molecular flexibility index (Phi) is 5.05. The van der Waals surface area contributed by atoms with Crippen molar-refractivity contribution < 1.29 is 0 Å². The van der Waals surface area contributed by atoms with Crippen LogP contribution in [0.25, 0.3) is 0 Å². The summed E-state index contributed by atoms with van der Waals surface area (Å²) in [7, 11) is 0. The molecule has 0 aromatic heterocycles. The maximum atomic E-state index is 3.60. The molecule has 1 nitrogen and oxygen atoms in total. The Morgan fingerprint density at radius 2 is 2.00 bits per heavy atom. The Balaban J connectivity index is 1.75. The van der Waals surface area contributed by atoms with Gasteiger partial charge in [-0.25, -0.2) is 0 Å². The average Bonchev–Trinajstić information content (AvgIpc) is 2.35. The van der Waals surface area contributed by atoms with Gasteiger partial charge in [-0.05, 0) is 49.4 Å². The first-order valence-corrected chi connectivity index (χ1v) is 7.51. The zero-order valence-electron chi connectivity index (χ0n) is 10.6. The van der Waals surface area contributed by atoms with Crippen molar-refractivity contribution in [2.45, 2.75) is 45.6 Å². The standard InChI is InChI=1S/C15H22BrN/c1-12-7-8-14(9-15(12)16)11-17-10-13-5-3-2-4-6-13/h7-9,13,17H,2-6,10-11H2,1H3. The van der Waals surface area contributed by atoms with E-state index in [2.05, 4.69) is 46.4 Å². The molecule has 0 radical (unpaired) electrons. The first-order valence-electron chi connectivity index (χ1n) is 6.71. The van der Waals surface area contributed by atoms with Crippen molar-refractivity contribution in [3.8, 4) is 0 Å². The molecule has 1 saturated carbocycles. The van der Waals surface area contributed by atoms with Crippen LogP contribution in [0.5, 0.6) is 0 Å². The largest absolute Gasteiger partial charge is 0.312 e. The number of rotatable bonds is 4. The second-order valence-electron chi connectivity index (χ2n) is 5.22. The molecule has 0 saturated heterocycles. The normalized spacial score (nSPS) is 17.3. The van der Waals surface area contributed by atoms with E-state index in [1.807, 2.05) is 0 Å². The van der Waals surface area contributed by atoms with Crippen LogP contribution in [0, 0.1) is 12.8 Å². The summed E-state index contributed by atoms with van der Waals surface area (Å²) in [6.45, 7) is 4.31. The number of benzene rings is 1. The van der Waals surface area contributed by atoms with Gasteiger partial charge in [0.25, 0.3) is 0 Å². The Labute approximate surface area is 113 Å². The van der Waals surface area contributed by atoms with Gasteiger partial charge in [0.2, 0.25) is 0 Å². The quantitative estimate of drug-likeness (QED) is 0.867. The van der Waals surface area contributed by atoms with Crippen molar-refractivity contribution in [1.82, 2.24) is 5.32 Å². The number of nitrogens with one attached hydrogen (secondary N) is 1. The molecule has 0 unspecified atom stereocenters. The van der Waals surface area contributed by atoms with Crippen LogP contribution in [0.15, 0.2) is 22.7 Å². The zero-order chi connectivity index (χ0) is 12.1. The third kappa shape index (κ3) is 4.11. The van der Waals surface area contributed by atoms with Gasteiger partial charge < -0.3 is 5.32 Å². The summed E-state index contributed by atoms with van der Waals surface area (Å²) in [6, 6.07) is 6.62. The minimum atomic E-state index is 0.914. The molecule has 17 heavy (non-hydrogen) atoms. The summed E-state index contributed by atoms with van der Waals surface area (Å²) in [5.41, 5.74) is 2.68. The van der Waals surface area contributed by atoms with E-state index in [9.17, 15) is 0 Å². The predicted molar refractivity (Wildman–Crippen MR) is 77.2 cm³/mol. The number of halogens is 1. The lowest BCUT2D eigenvalue weighted by Crippen LogP contribution is -2.24. The van der Waals surface area contributed by atoms with E-state index in [-0.39, 0.29) is 0 Å². The fourth-order valence-electron chi connectivity index (χ4n) is 2.56. The van der Waals surface area contributed by atoms with Crippen molar-refractivity contribution in [2.75, 3.05) is 6.54 Å². The van der Waals surface area contributed by atoms with Crippen LogP contribution in [0.3, 0.4) is 0 Å². The summed E-state index contributed by atoms with van der Waals surface area (Å²) in [5, 5.41) is 3.60. The molecule has 1 aromatic rings. The molecule has 1 N–H and O–H groups in total. The highest BCUT2D eigenvalue weighted by atomic mass is 79.9. The molecule has 2 rings (SSSR count). The number of hydrogen-bond acceptors (Lipinski definition) is 1. The van der Waals surface area contributed by atoms with Crippen molar-refractivity contribution in [3.05, 3.63) is 33.8 Å². The first kappa shape index (κ1) is 13.1. The topological polar surface area (TPSA) is 12.0 Å². The SMILES string of the molecule is Cc1ccc(CNCC2CCCCC2)cc1Br. The Hall–Kier alpha value is -0.340. The van der Waals surface area contributed by atoms with E-state index in [1.54, 1.807) is 0 Å². The number of hydrogen-bond donors (Lipinski definition) is 1. The van der Waals surface area contributed by atoms with Crippen molar-refractivity contribution in [1.29, 1.82) is 0 Å². The third-order valence-electron chi connectivity index (χ3n) is 3.72. The van der Waals surface area contributed by atoms with Crippen molar-refractivity contribution >= 4 is 15.9 Å². The van der Waals surface area contributed by atoms with E-state index in [0.717, 1.165) is 12.5 Å². The molecule has 0 spiro atoms. The van der Waals surface area contributed by atoms with E-state index in [4.69, 9.17) is 0 Å². The van der Waals surface area contributed by atoms with Crippen LogP contribution >= 0.6 is 15.9 Å². The highest BCUT2D eigenvalue weighted by Gasteiger charge is 2.12. The van der Waals surface area contributed by atoms with Gasteiger partial charge in [-0.15, -0.1) is 0 Å². The molecule has 1 aliphatic rings. The fourth-order valence-corrected chi connectivity index (χ4v) is 2.98. The lowest BCUT2D eigenvalue weighted by atomic mass is 9.89. The van der Waals surface area contributed by atoms with Crippen molar-refractivity contribution in [2.24, 2.45) is 5.92 Å². The summed E-state index contributed by atoms with van der Waals surface area (Å²) < 4.78 is 1.22. The highest BCUT2D eigenvalue weighted by Crippen LogP contribution is 2.23. The van der Waals surface area contributed by atoms with Gasteiger partial charge in [-0.1, -0.05) is 47.3 Å². The lowest BCUT2D eigenvalue weighted by Gasteiger charge is -2.21. The fraction of sp³-hybridized carbons (Fsp3) is 0.600. The summed E-state index contributed by atoms with van der Waals surface area (Å²) >= 11 is 3.59. The molecule has 0 heterocycles. The van der Waals surface area contributed by atoms with Crippen LogP contribution in [-0.4, -0.2) is 6.54 Å². The maximum absolute atomic E-state index is 3.60. The van der Waals surface area contributed by atoms with Crippen LogP contribution < -0.4 is 5.32 Å². The molecule has 0 amide bonds. The maximum Gasteiger partial charge on any atom is 0.0207 e. The monoisotopic (exact) mass is 295 g/mol. The molecule has 1 fully saturated rings. The highest BCUT2D eigenvalue weighted by molar-refractivity contribution is 9.10. The molecule has 1 aromatic carbocycles. The summed E-state index contributed by atoms with van der Waals surface area (Å²) in [5.74, 6) is 0.914. The molecule has 1 aliphatic carbocycles. The molecular weight excluding hydrogens is 274 g/mol. The van der Waals surface area contributed by atoms with E-state index in [1.165, 1.54) is 54.2 Å². The van der Waals surface area contributed by atoms with E-state index in [0.29, 0.717) is 0 Å². The van der Waals surface area contributed by atoms with Gasteiger partial charge in [0.05, 0.1) is 0 Å². The minimum absolute atomic E-state index is 0.914. The molecule has 2 heteroatoms. The van der Waals surface area contributed by atoms with E-state index < -0.39 is 0 Å². The van der Waals surface area contributed by atoms with Gasteiger partial charge in [0.1, 0.15) is 0 Å². The summed E-state index contributed by atoms with van der Waals surface area (Å²) in [4.78, 5) is 0. The lowest BCUT2D eigenvalue weighted by molar-refractivity contribution is 0.342. The second kappa shape index (κ2) is 6.55. The molecule has 0 aliphatic heterocycles. The third-order valence-corrected chi connectivity index (χ3v) is 4.58. The van der Waals surface area contributed by atoms with Crippen LogP contribution in [0.4, 0.5) is 0 Å². The van der Waals surface area contributed by atoms with Gasteiger partial charge in [0, 0.05) is 11.0 Å². The Bertz CT molecular complexity index is 356. The predicted octanol–water partition coefficient (Wildman–Crippen LogP) is 4.43. The van der Waals surface area contributed by atoms with Crippen molar-refractivity contribution in [3.63, 3.8) is 0 Å². The zero-order valence-corrected chi connectivity index (χ0v) is 12.2. The molecule has 94 valence electrons. The van der Waals surface area contributed by atoms with Crippen LogP contribution in [-0.2, 0) is 6.54 Å². The molecule has 0 atom stereocenters. The minimum Gasteiger partial charge on any atom is -0.312 e.